The van der Waals surface area contributed by atoms with Crippen molar-refractivity contribution in [3.05, 3.63) is 59.7 Å². The van der Waals surface area contributed by atoms with Crippen molar-refractivity contribution in [3.63, 3.8) is 0 Å². The first kappa shape index (κ1) is 19.3. The van der Waals surface area contributed by atoms with Crippen molar-refractivity contribution < 1.29 is 19.1 Å². The molecule has 152 valence electrons. The van der Waals surface area contributed by atoms with Gasteiger partial charge in [0.25, 0.3) is 5.91 Å². The lowest BCUT2D eigenvalue weighted by molar-refractivity contribution is -0.121. The number of para-hydroxylation sites is 1. The molecule has 4 rings (SSSR count). The number of aliphatic hydroxyl groups excluding tert-OH is 1. The van der Waals surface area contributed by atoms with Crippen LogP contribution in [0.5, 0.6) is 0 Å². The molecule has 0 spiro atoms. The number of hydrogen-bond acceptors (Lipinski definition) is 4. The Balaban J connectivity index is 1.43. The minimum Gasteiger partial charge on any atom is -0.469 e. The summed E-state index contributed by atoms with van der Waals surface area (Å²) in [5.41, 5.74) is 2.52. The Morgan fingerprint density at radius 2 is 2.03 bits per heavy atom. The predicted octanol–water partition coefficient (Wildman–Crippen LogP) is 2.01. The molecular weight excluding hydrogens is 370 g/mol. The lowest BCUT2D eigenvalue weighted by atomic mass is 10.0. The summed E-state index contributed by atoms with van der Waals surface area (Å²) < 4.78 is 7.23. The number of hydrogen-bond donors (Lipinski definition) is 2. The molecule has 2 amide bonds. The van der Waals surface area contributed by atoms with Crippen molar-refractivity contribution in [1.82, 2.24) is 14.8 Å². The van der Waals surface area contributed by atoms with E-state index in [4.69, 9.17) is 4.42 Å². The molecule has 0 bridgehead atoms. The molecule has 7 nitrogen and oxygen atoms in total. The van der Waals surface area contributed by atoms with E-state index in [-0.39, 0.29) is 30.8 Å². The second-order valence-electron chi connectivity index (χ2n) is 7.71. The smallest absolute Gasteiger partial charge is 0.257 e. The molecule has 2 aromatic heterocycles. The zero-order valence-electron chi connectivity index (χ0n) is 16.6. The van der Waals surface area contributed by atoms with Gasteiger partial charge in [-0.1, -0.05) is 18.2 Å². The Bertz CT molecular complexity index is 1050. The number of carbonyl (C=O) groups is 2. The summed E-state index contributed by atoms with van der Waals surface area (Å²) in [5.74, 6) is 0.238. The van der Waals surface area contributed by atoms with E-state index in [9.17, 15) is 14.7 Å². The number of aliphatic hydroxyl groups is 1. The average Bonchev–Trinajstić information content (AvgIpc) is 3.24. The zero-order chi connectivity index (χ0) is 20.5. The van der Waals surface area contributed by atoms with Crippen molar-refractivity contribution in [2.75, 3.05) is 13.1 Å². The van der Waals surface area contributed by atoms with E-state index < -0.39 is 6.10 Å². The third-order valence-corrected chi connectivity index (χ3v) is 5.50. The van der Waals surface area contributed by atoms with Gasteiger partial charge in [-0.2, -0.15) is 0 Å². The Morgan fingerprint density at radius 1 is 1.24 bits per heavy atom. The van der Waals surface area contributed by atoms with Crippen LogP contribution in [-0.2, 0) is 18.3 Å². The first-order valence-electron chi connectivity index (χ1n) is 9.76. The number of carbonyl (C=O) groups excluding carboxylic acids is 2. The molecule has 3 heterocycles. The van der Waals surface area contributed by atoms with Crippen LogP contribution in [0.1, 0.15) is 28.1 Å². The van der Waals surface area contributed by atoms with Crippen LogP contribution in [0.3, 0.4) is 0 Å². The van der Waals surface area contributed by atoms with Gasteiger partial charge in [-0.05, 0) is 31.0 Å². The average molecular weight is 395 g/mol. The van der Waals surface area contributed by atoms with E-state index in [0.29, 0.717) is 24.3 Å². The van der Waals surface area contributed by atoms with Crippen molar-refractivity contribution in [2.24, 2.45) is 7.05 Å². The maximum atomic E-state index is 12.7. The van der Waals surface area contributed by atoms with E-state index >= 15 is 0 Å². The first-order chi connectivity index (χ1) is 13.9. The van der Waals surface area contributed by atoms with Gasteiger partial charge in [-0.25, -0.2) is 0 Å². The number of likely N-dealkylation sites (tertiary alicyclic amines) is 1. The van der Waals surface area contributed by atoms with Crippen LogP contribution in [0.4, 0.5) is 0 Å². The second kappa shape index (κ2) is 7.75. The summed E-state index contributed by atoms with van der Waals surface area (Å²) in [7, 11) is 1.96. The fraction of sp³-hybridized carbons (Fsp3) is 0.364. The Morgan fingerprint density at radius 3 is 2.79 bits per heavy atom. The number of amides is 2. The molecule has 3 aromatic rings. The topological polar surface area (TPSA) is 87.7 Å². The molecule has 1 saturated heterocycles. The van der Waals surface area contributed by atoms with E-state index in [1.165, 1.54) is 6.26 Å². The predicted molar refractivity (Wildman–Crippen MR) is 109 cm³/mol. The van der Waals surface area contributed by atoms with Gasteiger partial charge in [0.2, 0.25) is 5.91 Å². The molecule has 1 fully saturated rings. The minimum absolute atomic E-state index is 0.118. The molecule has 1 aliphatic rings. The number of nitrogens with one attached hydrogen (secondary N) is 1. The van der Waals surface area contributed by atoms with Crippen LogP contribution in [0.2, 0.25) is 0 Å². The molecule has 0 unspecified atom stereocenters. The Labute approximate surface area is 168 Å². The fourth-order valence-electron chi connectivity index (χ4n) is 4.14. The van der Waals surface area contributed by atoms with E-state index in [1.54, 1.807) is 17.9 Å². The zero-order valence-corrected chi connectivity index (χ0v) is 16.6. The monoisotopic (exact) mass is 395 g/mol. The van der Waals surface area contributed by atoms with Crippen LogP contribution < -0.4 is 5.32 Å². The highest BCUT2D eigenvalue weighted by atomic mass is 16.3. The standard InChI is InChI=1S/C22H25N3O4/c1-14-18(7-8-29-14)22(28)25-12-16(10-17(26)13-25)23-21(27)9-15-11-24(2)20-6-4-3-5-19(15)20/h3-8,11,16-17,26H,9-10,12-13H2,1-2H3,(H,23,27)/t16-,17+/m0/s1. The molecule has 0 aliphatic carbocycles. The molecule has 29 heavy (non-hydrogen) atoms. The van der Waals surface area contributed by atoms with Crippen LogP contribution in [-0.4, -0.2) is 51.6 Å². The first-order valence-corrected chi connectivity index (χ1v) is 9.76. The Kier molecular flexibility index (Phi) is 5.15. The van der Waals surface area contributed by atoms with Gasteiger partial charge in [-0.3, -0.25) is 9.59 Å². The maximum Gasteiger partial charge on any atom is 0.257 e. The largest absolute Gasteiger partial charge is 0.469 e. The molecular formula is C22H25N3O4. The molecule has 2 atom stereocenters. The third-order valence-electron chi connectivity index (χ3n) is 5.50. The van der Waals surface area contributed by atoms with Crippen molar-refractivity contribution in [2.45, 2.75) is 31.9 Å². The summed E-state index contributed by atoms with van der Waals surface area (Å²) in [6.45, 7) is 2.35. The highest BCUT2D eigenvalue weighted by Crippen LogP contribution is 2.21. The number of nitrogens with zero attached hydrogens (tertiary/aromatic N) is 2. The molecule has 1 aliphatic heterocycles. The molecule has 0 saturated carbocycles. The number of piperidine rings is 1. The van der Waals surface area contributed by atoms with Crippen LogP contribution in [0.25, 0.3) is 10.9 Å². The van der Waals surface area contributed by atoms with Crippen LogP contribution in [0.15, 0.2) is 47.2 Å². The number of benzene rings is 1. The van der Waals surface area contributed by atoms with Crippen LogP contribution in [0, 0.1) is 6.92 Å². The van der Waals surface area contributed by atoms with Crippen LogP contribution >= 0.6 is 0 Å². The fourth-order valence-corrected chi connectivity index (χ4v) is 4.14. The maximum absolute atomic E-state index is 12.7. The normalized spacial score (nSPS) is 19.5. The van der Waals surface area contributed by atoms with Gasteiger partial charge in [0.1, 0.15) is 5.76 Å². The number of aryl methyl sites for hydroxylation is 2. The van der Waals surface area contributed by atoms with E-state index in [1.807, 2.05) is 42.1 Å². The molecule has 1 aromatic carbocycles. The van der Waals surface area contributed by atoms with Crippen molar-refractivity contribution in [3.8, 4) is 0 Å². The summed E-state index contributed by atoms with van der Waals surface area (Å²) in [6, 6.07) is 9.31. The lowest BCUT2D eigenvalue weighted by Gasteiger charge is -2.36. The van der Waals surface area contributed by atoms with Gasteiger partial charge >= 0.3 is 0 Å². The van der Waals surface area contributed by atoms with Gasteiger partial charge in [0, 0.05) is 43.3 Å². The van der Waals surface area contributed by atoms with Gasteiger partial charge in [0.05, 0.1) is 24.4 Å². The van der Waals surface area contributed by atoms with Gasteiger partial charge in [-0.15, -0.1) is 0 Å². The summed E-state index contributed by atoms with van der Waals surface area (Å²) in [6.07, 6.45) is 3.45. The van der Waals surface area contributed by atoms with Crippen molar-refractivity contribution in [1.29, 1.82) is 0 Å². The highest BCUT2D eigenvalue weighted by molar-refractivity contribution is 5.95. The SMILES string of the molecule is Cc1occc1C(=O)N1C[C@H](O)C[C@H](NC(=O)Cc2cn(C)c3ccccc23)C1. The summed E-state index contributed by atoms with van der Waals surface area (Å²) in [5, 5.41) is 14.3. The number of rotatable bonds is 4. The second-order valence-corrected chi connectivity index (χ2v) is 7.71. The quantitative estimate of drug-likeness (QED) is 0.707. The summed E-state index contributed by atoms with van der Waals surface area (Å²) >= 11 is 0. The van der Waals surface area contributed by atoms with Gasteiger partial charge in [0.15, 0.2) is 0 Å². The number of β-amino-alcohol motifs (C(OH)–C–C–N with tert-alkyl or cyclic N) is 1. The molecule has 2 N–H and O–H groups in total. The van der Waals surface area contributed by atoms with Gasteiger partial charge < -0.3 is 24.3 Å². The third kappa shape index (κ3) is 3.91. The lowest BCUT2D eigenvalue weighted by Crippen LogP contribution is -2.54. The van der Waals surface area contributed by atoms with E-state index in [2.05, 4.69) is 5.32 Å². The number of aromatic nitrogens is 1. The molecule has 0 radical (unpaired) electrons. The van der Waals surface area contributed by atoms with E-state index in [0.717, 1.165) is 16.5 Å². The molecule has 7 heteroatoms. The number of fused-ring (bicyclic) bond motifs is 1. The van der Waals surface area contributed by atoms with Crippen molar-refractivity contribution >= 4 is 22.7 Å². The summed E-state index contributed by atoms with van der Waals surface area (Å²) in [4.78, 5) is 27.0. The highest BCUT2D eigenvalue weighted by Gasteiger charge is 2.31. The number of furan rings is 1. The minimum atomic E-state index is -0.678. The Hall–Kier alpha value is -3.06.